The Balaban J connectivity index is 0.00000167. The SMILES string of the molecule is CC.CCCN(CCC(C)C)c1cc(N)n2ncc(C3=CCC=C(C4=CC=CCC=C4)N=C3)c2n1. The zero-order valence-corrected chi connectivity index (χ0v) is 21.9. The minimum atomic E-state index is 0.595. The molecule has 0 saturated carbocycles. The number of hydrogen-bond donors (Lipinski definition) is 1. The second kappa shape index (κ2) is 12.9. The van der Waals surface area contributed by atoms with Crippen molar-refractivity contribution in [2.75, 3.05) is 23.7 Å². The Kier molecular flexibility index (Phi) is 9.65. The molecule has 0 amide bonds. The van der Waals surface area contributed by atoms with Crippen LogP contribution in [-0.2, 0) is 0 Å². The Morgan fingerprint density at radius 3 is 2.69 bits per heavy atom. The van der Waals surface area contributed by atoms with Gasteiger partial charge in [0.2, 0.25) is 0 Å². The second-order valence-electron chi connectivity index (χ2n) is 8.93. The normalized spacial score (nSPS) is 15.2. The average molecular weight is 473 g/mol. The number of aliphatic imine (C=N–C) groups is 1. The van der Waals surface area contributed by atoms with E-state index in [9.17, 15) is 0 Å². The van der Waals surface area contributed by atoms with Crippen LogP contribution in [0.4, 0.5) is 11.6 Å². The van der Waals surface area contributed by atoms with Crippen molar-refractivity contribution in [2.45, 2.75) is 60.3 Å². The Hall–Kier alpha value is -3.41. The maximum atomic E-state index is 6.40. The quantitative estimate of drug-likeness (QED) is 0.459. The lowest BCUT2D eigenvalue weighted by atomic mass is 10.1. The van der Waals surface area contributed by atoms with Gasteiger partial charge >= 0.3 is 0 Å². The first-order valence-electron chi connectivity index (χ1n) is 12.9. The Labute approximate surface area is 210 Å². The molecule has 0 unspecified atom stereocenters. The van der Waals surface area contributed by atoms with Crippen LogP contribution in [0.1, 0.15) is 65.9 Å². The van der Waals surface area contributed by atoms with Crippen LogP contribution in [0.15, 0.2) is 71.1 Å². The van der Waals surface area contributed by atoms with Crippen LogP contribution in [0.5, 0.6) is 0 Å². The van der Waals surface area contributed by atoms with Gasteiger partial charge in [-0.1, -0.05) is 77.2 Å². The van der Waals surface area contributed by atoms with E-state index in [4.69, 9.17) is 15.7 Å². The molecule has 1 aliphatic carbocycles. The van der Waals surface area contributed by atoms with Crippen molar-refractivity contribution in [1.82, 2.24) is 14.6 Å². The largest absolute Gasteiger partial charge is 0.383 e. The van der Waals surface area contributed by atoms with E-state index in [-0.39, 0.29) is 0 Å². The Bertz CT molecular complexity index is 1170. The van der Waals surface area contributed by atoms with E-state index >= 15 is 0 Å². The molecule has 1 aliphatic heterocycles. The average Bonchev–Trinajstić information content (AvgIpc) is 3.01. The molecule has 4 rings (SSSR count). The summed E-state index contributed by atoms with van der Waals surface area (Å²) < 4.78 is 1.72. The first-order valence-corrected chi connectivity index (χ1v) is 12.9. The molecule has 2 N–H and O–H groups in total. The van der Waals surface area contributed by atoms with Crippen LogP contribution in [0.25, 0.3) is 11.2 Å². The van der Waals surface area contributed by atoms with E-state index in [0.717, 1.165) is 72.6 Å². The molecule has 3 heterocycles. The van der Waals surface area contributed by atoms with E-state index in [2.05, 4.69) is 73.3 Å². The monoisotopic (exact) mass is 472 g/mol. The fourth-order valence-electron chi connectivity index (χ4n) is 4.03. The standard InChI is InChI=1S/C27H34N6.C2H6/c1-4-15-32(16-14-20(2)3)26-17-25(28)33-27(31-26)23(19-30-33)22-12-9-13-24(29-18-22)21-10-7-5-6-8-11-21;1-2/h5,7-8,10-13,17-20H,4,6,9,14-16,28H2,1-3H3;1-2H3. The molecule has 0 radical (unpaired) electrons. The highest BCUT2D eigenvalue weighted by Gasteiger charge is 2.17. The Morgan fingerprint density at radius 1 is 1.09 bits per heavy atom. The first kappa shape index (κ1) is 26.2. The van der Waals surface area contributed by atoms with Crippen LogP contribution in [-0.4, -0.2) is 33.9 Å². The maximum Gasteiger partial charge on any atom is 0.167 e. The summed E-state index contributed by atoms with van der Waals surface area (Å²) in [6.07, 6.45) is 22.7. The van der Waals surface area contributed by atoms with Gasteiger partial charge in [0.25, 0.3) is 0 Å². The van der Waals surface area contributed by atoms with Crippen molar-refractivity contribution in [1.29, 1.82) is 0 Å². The highest BCUT2D eigenvalue weighted by atomic mass is 15.3. The van der Waals surface area contributed by atoms with Crippen molar-refractivity contribution in [2.24, 2.45) is 10.9 Å². The van der Waals surface area contributed by atoms with Gasteiger partial charge in [-0.15, -0.1) is 0 Å². The highest BCUT2D eigenvalue weighted by molar-refractivity contribution is 6.12. The summed E-state index contributed by atoms with van der Waals surface area (Å²) in [6, 6.07) is 1.94. The summed E-state index contributed by atoms with van der Waals surface area (Å²) >= 11 is 0. The number of nitrogen functional groups attached to an aromatic ring is 1. The molecule has 0 aromatic carbocycles. The lowest BCUT2D eigenvalue weighted by Gasteiger charge is -2.24. The van der Waals surface area contributed by atoms with Gasteiger partial charge in [-0.3, -0.25) is 4.99 Å². The van der Waals surface area contributed by atoms with E-state index < -0.39 is 0 Å². The van der Waals surface area contributed by atoms with Crippen molar-refractivity contribution < 1.29 is 0 Å². The number of nitrogens with zero attached hydrogens (tertiary/aromatic N) is 5. The van der Waals surface area contributed by atoms with Gasteiger partial charge in [0.15, 0.2) is 5.65 Å². The van der Waals surface area contributed by atoms with Crippen molar-refractivity contribution in [3.8, 4) is 0 Å². The topological polar surface area (TPSA) is 71.8 Å². The van der Waals surface area contributed by atoms with Gasteiger partial charge in [-0.2, -0.15) is 9.61 Å². The highest BCUT2D eigenvalue weighted by Crippen LogP contribution is 2.27. The molecule has 0 bridgehead atoms. The number of aromatic nitrogens is 3. The van der Waals surface area contributed by atoms with Gasteiger partial charge in [0.1, 0.15) is 11.6 Å². The molecule has 186 valence electrons. The molecule has 2 aliphatic rings. The minimum Gasteiger partial charge on any atom is -0.383 e. The molecule has 2 aromatic heterocycles. The third-order valence-electron chi connectivity index (χ3n) is 5.86. The van der Waals surface area contributed by atoms with Gasteiger partial charge < -0.3 is 10.6 Å². The molecule has 0 spiro atoms. The maximum absolute atomic E-state index is 6.40. The zero-order valence-electron chi connectivity index (χ0n) is 21.9. The smallest absolute Gasteiger partial charge is 0.167 e. The first-order chi connectivity index (χ1) is 17.1. The summed E-state index contributed by atoms with van der Waals surface area (Å²) in [4.78, 5) is 12.1. The molecule has 0 fully saturated rings. The van der Waals surface area contributed by atoms with Crippen LogP contribution >= 0.6 is 0 Å². The number of allylic oxidation sites excluding steroid dienone is 8. The Morgan fingerprint density at radius 2 is 1.91 bits per heavy atom. The van der Waals surface area contributed by atoms with Gasteiger partial charge in [-0.25, -0.2) is 4.98 Å². The van der Waals surface area contributed by atoms with Crippen molar-refractivity contribution in [3.63, 3.8) is 0 Å². The molecular weight excluding hydrogens is 432 g/mol. The number of fused-ring (bicyclic) bond motifs is 1. The van der Waals surface area contributed by atoms with E-state index in [0.29, 0.717) is 11.7 Å². The van der Waals surface area contributed by atoms with E-state index in [1.165, 1.54) is 0 Å². The van der Waals surface area contributed by atoms with Gasteiger partial charge in [-0.05, 0) is 37.2 Å². The van der Waals surface area contributed by atoms with Crippen LogP contribution in [0.3, 0.4) is 0 Å². The third kappa shape index (κ3) is 6.59. The molecule has 2 aromatic rings. The zero-order chi connectivity index (χ0) is 25.2. The molecule has 35 heavy (non-hydrogen) atoms. The van der Waals surface area contributed by atoms with Crippen molar-refractivity contribution in [3.05, 3.63) is 71.6 Å². The fourth-order valence-corrected chi connectivity index (χ4v) is 4.03. The molecular formula is C29H40N6. The molecule has 6 nitrogen and oxygen atoms in total. The number of nitrogens with two attached hydrogens (primary N) is 1. The lowest BCUT2D eigenvalue weighted by Crippen LogP contribution is -2.27. The number of anilines is 2. The van der Waals surface area contributed by atoms with Gasteiger partial charge in [0, 0.05) is 36.5 Å². The summed E-state index contributed by atoms with van der Waals surface area (Å²) in [5, 5.41) is 4.53. The molecule has 6 heteroatoms. The van der Waals surface area contributed by atoms with E-state index in [1.807, 2.05) is 32.3 Å². The molecule has 0 saturated heterocycles. The summed E-state index contributed by atoms with van der Waals surface area (Å²) in [7, 11) is 0. The van der Waals surface area contributed by atoms with Crippen LogP contribution in [0, 0.1) is 5.92 Å². The van der Waals surface area contributed by atoms with Crippen LogP contribution < -0.4 is 10.6 Å². The minimum absolute atomic E-state index is 0.595. The number of hydrogen-bond acceptors (Lipinski definition) is 5. The fraction of sp³-hybridized carbons (Fsp3) is 0.414. The van der Waals surface area contributed by atoms with E-state index in [1.54, 1.807) is 4.52 Å². The summed E-state index contributed by atoms with van der Waals surface area (Å²) in [5.74, 6) is 2.14. The number of rotatable bonds is 8. The van der Waals surface area contributed by atoms with Crippen LogP contribution in [0.2, 0.25) is 0 Å². The summed E-state index contributed by atoms with van der Waals surface area (Å²) in [5.41, 5.74) is 11.2. The third-order valence-corrected chi connectivity index (χ3v) is 5.86. The summed E-state index contributed by atoms with van der Waals surface area (Å²) in [6.45, 7) is 12.6. The second-order valence-corrected chi connectivity index (χ2v) is 8.93. The predicted molar refractivity (Wildman–Crippen MR) is 151 cm³/mol. The lowest BCUT2D eigenvalue weighted by molar-refractivity contribution is 0.568. The molecule has 0 atom stereocenters. The predicted octanol–water partition coefficient (Wildman–Crippen LogP) is 6.78. The van der Waals surface area contributed by atoms with Gasteiger partial charge in [0.05, 0.1) is 11.9 Å². The van der Waals surface area contributed by atoms with Crippen molar-refractivity contribution >= 4 is 29.1 Å².